The first kappa shape index (κ1) is 33.3. The molecule has 4 N–H and O–H groups in total. The van der Waals surface area contributed by atoms with E-state index < -0.39 is 29.9 Å². The van der Waals surface area contributed by atoms with Crippen molar-refractivity contribution in [2.75, 3.05) is 26.9 Å². The summed E-state index contributed by atoms with van der Waals surface area (Å²) in [4.78, 5) is 43.4. The highest BCUT2D eigenvalue weighted by molar-refractivity contribution is 6.64. The predicted molar refractivity (Wildman–Crippen MR) is 184 cm³/mol. The highest BCUT2D eigenvalue weighted by Gasteiger charge is 2.27. The van der Waals surface area contributed by atoms with E-state index in [0.29, 0.717) is 30.9 Å². The zero-order chi connectivity index (χ0) is 33.2. The minimum atomic E-state index is -0.970. The molecule has 0 spiro atoms. The van der Waals surface area contributed by atoms with E-state index in [1.54, 1.807) is 12.2 Å². The lowest BCUT2D eigenvalue weighted by Gasteiger charge is -2.22. The first-order valence-corrected chi connectivity index (χ1v) is 15.8. The number of unbranched alkanes of at least 4 members (excludes halogenated alkanes) is 1. The van der Waals surface area contributed by atoms with Crippen LogP contribution >= 0.6 is 11.6 Å². The van der Waals surface area contributed by atoms with Crippen molar-refractivity contribution in [1.29, 1.82) is 0 Å². The van der Waals surface area contributed by atoms with Crippen LogP contribution in [0.1, 0.15) is 25.7 Å². The van der Waals surface area contributed by atoms with Gasteiger partial charge < -0.3 is 30.6 Å². The number of fused-ring (bicyclic) bond motifs is 7. The molecule has 2 atom stereocenters. The molecule has 0 aromatic heterocycles. The van der Waals surface area contributed by atoms with Gasteiger partial charge in [-0.15, -0.1) is 0 Å². The summed E-state index contributed by atoms with van der Waals surface area (Å²) in [6.45, 7) is 0.219. The molecule has 0 fully saturated rings. The van der Waals surface area contributed by atoms with Crippen LogP contribution in [0.2, 0.25) is 0 Å². The Morgan fingerprint density at radius 2 is 1.53 bits per heavy atom. The van der Waals surface area contributed by atoms with E-state index in [2.05, 4.69) is 15.6 Å². The Bertz CT molecular complexity index is 1820. The highest BCUT2D eigenvalue weighted by Crippen LogP contribution is 2.45. The Labute approximate surface area is 277 Å². The summed E-state index contributed by atoms with van der Waals surface area (Å²) in [5.41, 5.74) is 7.02. The van der Waals surface area contributed by atoms with Crippen molar-refractivity contribution in [2.24, 2.45) is 10.7 Å². The number of aliphatic imine (C=N–C) groups is 1. The monoisotopic (exact) mass is 656 g/mol. The van der Waals surface area contributed by atoms with Gasteiger partial charge in [-0.1, -0.05) is 72.8 Å². The lowest BCUT2D eigenvalue weighted by molar-refractivity contribution is -0.145. The fourth-order valence-corrected chi connectivity index (χ4v) is 5.71. The maximum Gasteiger partial charge on any atom is 0.328 e. The highest BCUT2D eigenvalue weighted by atomic mass is 35.5. The molecule has 11 heteroatoms. The van der Waals surface area contributed by atoms with E-state index in [9.17, 15) is 14.4 Å². The second-order valence-corrected chi connectivity index (χ2v) is 11.4. The largest absolute Gasteiger partial charge is 0.489 e. The minimum absolute atomic E-state index is 0.0447. The third-order valence-electron chi connectivity index (χ3n) is 7.88. The van der Waals surface area contributed by atoms with Gasteiger partial charge in [0.1, 0.15) is 30.2 Å². The van der Waals surface area contributed by atoms with Crippen molar-refractivity contribution in [2.45, 2.75) is 37.8 Å². The van der Waals surface area contributed by atoms with E-state index in [-0.39, 0.29) is 31.4 Å². The summed E-state index contributed by atoms with van der Waals surface area (Å²) in [5, 5.41) is 9.38. The zero-order valence-electron chi connectivity index (χ0n) is 26.0. The summed E-state index contributed by atoms with van der Waals surface area (Å²) in [6, 6.07) is 21.8. The van der Waals surface area contributed by atoms with Crippen LogP contribution in [0.15, 0.2) is 89.9 Å². The van der Waals surface area contributed by atoms with Gasteiger partial charge in [-0.05, 0) is 71.0 Å². The molecule has 1 heterocycles. The zero-order valence-corrected chi connectivity index (χ0v) is 26.8. The third-order valence-corrected chi connectivity index (χ3v) is 8.00. The number of benzene rings is 4. The summed E-state index contributed by atoms with van der Waals surface area (Å²) in [5.74, 6) is -0.514. The number of amides is 2. The Morgan fingerprint density at radius 3 is 2.17 bits per heavy atom. The molecular formula is C36H37ClN4O6. The minimum Gasteiger partial charge on any atom is -0.489 e. The van der Waals surface area contributed by atoms with Crippen LogP contribution in [-0.4, -0.2) is 62.0 Å². The number of carbonyl (C=O) groups is 3. The van der Waals surface area contributed by atoms with Gasteiger partial charge in [0.05, 0.1) is 7.11 Å². The van der Waals surface area contributed by atoms with Crippen molar-refractivity contribution in [3.8, 4) is 22.6 Å². The number of nitrogens with one attached hydrogen (secondary N) is 2. The van der Waals surface area contributed by atoms with Gasteiger partial charge in [-0.2, -0.15) is 0 Å². The van der Waals surface area contributed by atoms with Crippen LogP contribution in [0.4, 0.5) is 0 Å². The summed E-state index contributed by atoms with van der Waals surface area (Å²) in [6.07, 6.45) is 5.12. The maximum absolute atomic E-state index is 13.4. The van der Waals surface area contributed by atoms with Crippen LogP contribution in [0, 0.1) is 0 Å². The molecular weight excluding hydrogens is 620 g/mol. The van der Waals surface area contributed by atoms with Crippen LogP contribution in [-0.2, 0) is 19.1 Å². The molecule has 5 rings (SSSR count). The van der Waals surface area contributed by atoms with Gasteiger partial charge in [0.15, 0.2) is 11.9 Å². The lowest BCUT2D eigenvalue weighted by atomic mass is 9.92. The van der Waals surface area contributed by atoms with Crippen molar-refractivity contribution < 1.29 is 28.6 Å². The lowest BCUT2D eigenvalue weighted by Crippen LogP contribution is -2.52. The van der Waals surface area contributed by atoms with Gasteiger partial charge in [0.25, 0.3) is 5.91 Å². The van der Waals surface area contributed by atoms with Gasteiger partial charge in [0.2, 0.25) is 5.91 Å². The van der Waals surface area contributed by atoms with E-state index in [1.807, 2.05) is 72.8 Å². The summed E-state index contributed by atoms with van der Waals surface area (Å²) >= 11 is 5.63. The molecule has 4 aromatic rings. The summed E-state index contributed by atoms with van der Waals surface area (Å²) in [7, 11) is 1.26. The van der Waals surface area contributed by atoms with Gasteiger partial charge >= 0.3 is 5.97 Å². The first-order valence-electron chi connectivity index (χ1n) is 15.4. The van der Waals surface area contributed by atoms with E-state index >= 15 is 0 Å². The number of hydrogen-bond donors (Lipinski definition) is 3. The number of hydrogen-bond acceptors (Lipinski definition) is 7. The fraction of sp³-hybridized carbons (Fsp3) is 0.278. The second kappa shape index (κ2) is 16.0. The molecule has 10 nitrogen and oxygen atoms in total. The van der Waals surface area contributed by atoms with Crippen molar-refractivity contribution >= 4 is 56.2 Å². The van der Waals surface area contributed by atoms with Crippen molar-refractivity contribution in [3.63, 3.8) is 0 Å². The number of methoxy groups -OCH3 is 1. The van der Waals surface area contributed by atoms with Crippen molar-refractivity contribution in [3.05, 3.63) is 84.9 Å². The Kier molecular flexibility index (Phi) is 11.3. The topological polar surface area (TPSA) is 141 Å². The van der Waals surface area contributed by atoms with Gasteiger partial charge in [-0.25, -0.2) is 4.79 Å². The quantitative estimate of drug-likeness (QED) is 0.0643. The maximum atomic E-state index is 13.4. The first-order chi connectivity index (χ1) is 22.9. The number of nitrogens with two attached hydrogens (primary N) is 1. The SMILES string of the molecule is COC(=O)[C@@H]1CC=CCOc2ccc3ccccc3c2-c2c(ccc3ccccc23)OCC(=O)N[C@H](CCCCN=C(N)Cl)C(=O)N1. The number of carbonyl (C=O) groups excluding carboxylic acids is 3. The number of rotatable bonds is 6. The third kappa shape index (κ3) is 8.39. The van der Waals surface area contributed by atoms with Crippen LogP contribution < -0.4 is 25.8 Å². The number of esters is 1. The molecule has 1 aliphatic rings. The normalized spacial score (nSPS) is 17.8. The average Bonchev–Trinajstić information content (AvgIpc) is 3.08. The van der Waals surface area contributed by atoms with Crippen LogP contribution in [0.5, 0.6) is 11.5 Å². The van der Waals surface area contributed by atoms with Crippen molar-refractivity contribution in [1.82, 2.24) is 10.6 Å². The molecule has 47 heavy (non-hydrogen) atoms. The Morgan fingerprint density at radius 1 is 0.894 bits per heavy atom. The van der Waals surface area contributed by atoms with E-state index in [0.717, 1.165) is 32.7 Å². The standard InChI is InChI=1S/C36H37ClN4O6/c1-45-35(44)28-15-7-9-21-46-29-18-16-23-10-2-4-12-25(23)32(29)33-26-13-5-3-11-24(26)17-19-30(33)47-22-31(42)40-27(34(43)41-28)14-6-8-20-39-36(37)38/h2-5,7,9-13,16-19,27-28H,6,8,14-15,20-22H2,1H3,(H2,38,39)(H,40,42)(H,41,43)/t27-,28+/m1/s1. The van der Waals surface area contributed by atoms with E-state index in [4.69, 9.17) is 31.5 Å². The van der Waals surface area contributed by atoms with Crippen LogP contribution in [0.3, 0.4) is 0 Å². The molecule has 2 amide bonds. The smallest absolute Gasteiger partial charge is 0.328 e. The number of nitrogens with zero attached hydrogens (tertiary/aromatic N) is 1. The second-order valence-electron chi connectivity index (χ2n) is 11.0. The van der Waals surface area contributed by atoms with Gasteiger partial charge in [0, 0.05) is 17.7 Å². The van der Waals surface area contributed by atoms with Crippen LogP contribution in [0.25, 0.3) is 32.7 Å². The molecule has 0 aliphatic carbocycles. The molecule has 1 aliphatic heterocycles. The molecule has 0 unspecified atom stereocenters. The molecule has 4 aromatic carbocycles. The number of halogens is 1. The molecule has 244 valence electrons. The Hall–Kier alpha value is -5.09. The Balaban J connectivity index is 1.55. The van der Waals surface area contributed by atoms with E-state index in [1.165, 1.54) is 7.11 Å². The molecule has 0 saturated carbocycles. The fourth-order valence-electron chi connectivity index (χ4n) is 5.62. The number of ether oxygens (including phenoxy) is 3. The number of amidine groups is 1. The predicted octanol–water partition coefficient (Wildman–Crippen LogP) is 5.24. The molecule has 0 bridgehead atoms. The van der Waals surface area contributed by atoms with Gasteiger partial charge in [-0.3, -0.25) is 14.6 Å². The average molecular weight is 657 g/mol. The molecule has 0 saturated heterocycles. The molecule has 0 radical (unpaired) electrons. The summed E-state index contributed by atoms with van der Waals surface area (Å²) < 4.78 is 17.5.